The number of unbranched alkanes of at least 4 members (excludes halogenated alkanes) is 1. The van der Waals surface area contributed by atoms with Crippen LogP contribution in [0.3, 0.4) is 0 Å². The second-order valence-electron chi connectivity index (χ2n) is 10.2. The number of carbonyl (C=O) groups excluding carboxylic acids is 3. The number of nitrogens with zero attached hydrogens (tertiary/aromatic N) is 2. The molecule has 4 aliphatic heterocycles. The fraction of sp³-hybridized carbons (Fsp3) is 0.536. The van der Waals surface area contributed by atoms with Gasteiger partial charge in [-0.05, 0) is 56.9 Å². The van der Waals surface area contributed by atoms with E-state index in [1.165, 1.54) is 0 Å². The highest BCUT2D eigenvalue weighted by molar-refractivity contribution is 6.05. The van der Waals surface area contributed by atoms with E-state index in [-0.39, 0.29) is 31.6 Å². The monoisotopic (exact) mass is 510 g/mol. The number of ether oxygens (including phenoxy) is 3. The minimum Gasteiger partial charge on any atom is -0.497 e. The van der Waals surface area contributed by atoms with Gasteiger partial charge in [0, 0.05) is 25.4 Å². The average molecular weight is 511 g/mol. The number of allylic oxidation sites excluding steroid dienone is 1. The highest BCUT2D eigenvalue weighted by Gasteiger charge is 2.74. The largest absolute Gasteiger partial charge is 0.497 e. The van der Waals surface area contributed by atoms with Gasteiger partial charge in [0.05, 0.1) is 25.2 Å². The molecule has 4 aliphatic rings. The van der Waals surface area contributed by atoms with E-state index in [0.717, 1.165) is 6.42 Å². The molecular weight excluding hydrogens is 476 g/mol. The minimum atomic E-state index is -1.32. The third-order valence-corrected chi connectivity index (χ3v) is 7.94. The van der Waals surface area contributed by atoms with Crippen LogP contribution in [0.5, 0.6) is 5.75 Å². The molecule has 4 heterocycles. The molecule has 2 amide bonds. The van der Waals surface area contributed by atoms with Crippen LogP contribution in [0.2, 0.25) is 0 Å². The molecule has 1 aromatic rings. The van der Waals surface area contributed by atoms with Crippen LogP contribution in [-0.2, 0) is 23.9 Å². The van der Waals surface area contributed by atoms with Gasteiger partial charge in [-0.2, -0.15) is 0 Å². The predicted molar refractivity (Wildman–Crippen MR) is 135 cm³/mol. The first-order valence-electron chi connectivity index (χ1n) is 13.0. The molecule has 9 heteroatoms. The number of amides is 2. The maximum atomic E-state index is 14.3. The Balaban J connectivity index is 1.60. The van der Waals surface area contributed by atoms with E-state index in [0.29, 0.717) is 37.2 Å². The Morgan fingerprint density at radius 1 is 1.05 bits per heavy atom. The maximum absolute atomic E-state index is 14.3. The van der Waals surface area contributed by atoms with Crippen molar-refractivity contribution < 1.29 is 33.7 Å². The van der Waals surface area contributed by atoms with Gasteiger partial charge < -0.3 is 29.1 Å². The molecule has 1 N–H and O–H groups in total. The molecule has 198 valence electrons. The normalized spacial score (nSPS) is 34.0. The summed E-state index contributed by atoms with van der Waals surface area (Å²) in [5.74, 6) is -2.16. The molecule has 5 atom stereocenters. The molecular formula is C28H34N2O7. The van der Waals surface area contributed by atoms with Crippen LogP contribution >= 0.6 is 0 Å². The zero-order valence-electron chi connectivity index (χ0n) is 21.3. The second-order valence-corrected chi connectivity index (χ2v) is 10.2. The van der Waals surface area contributed by atoms with Gasteiger partial charge in [0.1, 0.15) is 23.3 Å². The molecule has 5 rings (SSSR count). The summed E-state index contributed by atoms with van der Waals surface area (Å²) in [6, 6.07) is 6.22. The molecule has 0 saturated carbocycles. The van der Waals surface area contributed by atoms with Gasteiger partial charge in [-0.25, -0.2) is 0 Å². The maximum Gasteiger partial charge on any atom is 0.313 e. The summed E-state index contributed by atoms with van der Waals surface area (Å²) in [5, 5.41) is 9.34. The van der Waals surface area contributed by atoms with Gasteiger partial charge in [0.15, 0.2) is 0 Å². The van der Waals surface area contributed by atoms with Crippen LogP contribution in [0.4, 0.5) is 5.69 Å². The number of methoxy groups -OCH3 is 1. The Morgan fingerprint density at radius 3 is 2.57 bits per heavy atom. The van der Waals surface area contributed by atoms with Crippen molar-refractivity contribution in [2.45, 2.75) is 49.9 Å². The summed E-state index contributed by atoms with van der Waals surface area (Å²) in [7, 11) is 1.58. The van der Waals surface area contributed by atoms with Gasteiger partial charge in [-0.15, -0.1) is 0 Å². The molecule has 1 unspecified atom stereocenters. The number of aliphatic hydroxyl groups is 1. The molecule has 1 spiro atoms. The molecule has 0 bridgehead atoms. The number of carbonyl (C=O) groups is 3. The minimum absolute atomic E-state index is 0.0125. The van der Waals surface area contributed by atoms with Gasteiger partial charge >= 0.3 is 5.97 Å². The summed E-state index contributed by atoms with van der Waals surface area (Å²) in [6.07, 6.45) is 9.93. The summed E-state index contributed by atoms with van der Waals surface area (Å²) in [4.78, 5) is 44.9. The Kier molecular flexibility index (Phi) is 6.85. The van der Waals surface area contributed by atoms with E-state index in [1.807, 2.05) is 24.3 Å². The summed E-state index contributed by atoms with van der Waals surface area (Å²) >= 11 is 0. The van der Waals surface area contributed by atoms with E-state index in [2.05, 4.69) is 0 Å². The molecule has 2 fully saturated rings. The topological polar surface area (TPSA) is 106 Å². The van der Waals surface area contributed by atoms with Gasteiger partial charge in [0.25, 0.3) is 5.91 Å². The Morgan fingerprint density at radius 2 is 1.84 bits per heavy atom. The van der Waals surface area contributed by atoms with E-state index in [9.17, 15) is 19.5 Å². The highest BCUT2D eigenvalue weighted by Crippen LogP contribution is 2.57. The summed E-state index contributed by atoms with van der Waals surface area (Å²) < 4.78 is 17.6. The summed E-state index contributed by atoms with van der Waals surface area (Å²) in [5.41, 5.74) is -1.75. The van der Waals surface area contributed by atoms with Gasteiger partial charge in [-0.3, -0.25) is 14.4 Å². The Labute approximate surface area is 216 Å². The van der Waals surface area contributed by atoms with Crippen LogP contribution in [-0.4, -0.2) is 78.4 Å². The third kappa shape index (κ3) is 4.14. The third-order valence-electron chi connectivity index (χ3n) is 7.94. The number of rotatable bonds is 6. The van der Waals surface area contributed by atoms with Crippen LogP contribution in [0, 0.1) is 11.8 Å². The molecule has 0 aromatic heterocycles. The van der Waals surface area contributed by atoms with Crippen molar-refractivity contribution in [3.8, 4) is 5.75 Å². The van der Waals surface area contributed by atoms with Crippen LogP contribution in [0.25, 0.3) is 0 Å². The number of hydrogen-bond acceptors (Lipinski definition) is 7. The Hall–Kier alpha value is -3.17. The molecule has 2 saturated heterocycles. The number of aliphatic hydroxyl groups excluding tert-OH is 1. The quantitative estimate of drug-likeness (QED) is 0.355. The van der Waals surface area contributed by atoms with Crippen molar-refractivity contribution in [2.24, 2.45) is 11.8 Å². The van der Waals surface area contributed by atoms with E-state index in [1.54, 1.807) is 48.1 Å². The standard InChI is InChI=1S/C28H34N2O7/c1-27-13-4-3-7-18-36-26(34)22(27)21-24(32)30(15-5-6-17-31)23-25(33)29(16-8-14-28(21,23)37-27)19-9-11-20(35-2)12-10-19/h4,8-14,21-23,31H,3,5-7,15-18H2,1-2H3/b13-4-/t21-,22-,23?,27+,28-/m0/s1. The first kappa shape index (κ1) is 25.5. The van der Waals surface area contributed by atoms with Crippen molar-refractivity contribution in [2.75, 3.05) is 38.3 Å². The lowest BCUT2D eigenvalue weighted by Crippen LogP contribution is -2.56. The molecule has 37 heavy (non-hydrogen) atoms. The number of fused-ring (bicyclic) bond motifs is 2. The van der Waals surface area contributed by atoms with E-state index < -0.39 is 35.0 Å². The van der Waals surface area contributed by atoms with E-state index >= 15 is 0 Å². The van der Waals surface area contributed by atoms with Crippen LogP contribution < -0.4 is 9.64 Å². The lowest BCUT2D eigenvalue weighted by Gasteiger charge is -2.37. The van der Waals surface area contributed by atoms with Crippen LogP contribution in [0.1, 0.15) is 32.6 Å². The number of anilines is 1. The predicted octanol–water partition coefficient (Wildman–Crippen LogP) is 2.23. The molecule has 1 aromatic carbocycles. The fourth-order valence-corrected chi connectivity index (χ4v) is 6.26. The lowest BCUT2D eigenvalue weighted by atomic mass is 9.74. The summed E-state index contributed by atoms with van der Waals surface area (Å²) in [6.45, 7) is 2.63. The number of benzene rings is 1. The van der Waals surface area contributed by atoms with E-state index in [4.69, 9.17) is 14.2 Å². The van der Waals surface area contributed by atoms with Crippen molar-refractivity contribution in [3.05, 3.63) is 48.6 Å². The molecule has 0 radical (unpaired) electrons. The lowest BCUT2D eigenvalue weighted by molar-refractivity contribution is -0.158. The smallest absolute Gasteiger partial charge is 0.313 e. The van der Waals surface area contributed by atoms with Crippen molar-refractivity contribution >= 4 is 23.5 Å². The highest BCUT2D eigenvalue weighted by atomic mass is 16.6. The first-order chi connectivity index (χ1) is 17.9. The van der Waals surface area contributed by atoms with Gasteiger partial charge in [-0.1, -0.05) is 24.3 Å². The van der Waals surface area contributed by atoms with Gasteiger partial charge in [0.2, 0.25) is 5.91 Å². The molecule has 0 aliphatic carbocycles. The Bertz CT molecular complexity index is 1120. The zero-order chi connectivity index (χ0) is 26.2. The number of likely N-dealkylation sites (tertiary alicyclic amines) is 1. The fourth-order valence-electron chi connectivity index (χ4n) is 6.26. The SMILES string of the molecule is COc1ccc(N2CC=C[C@]34O[C@]5(C)/C=C\CCCOC(=O)[C@@H]5[C@H]3C(=O)N(CCCCO)C4C2=O)cc1. The zero-order valence-corrected chi connectivity index (χ0v) is 21.3. The van der Waals surface area contributed by atoms with Crippen molar-refractivity contribution in [1.82, 2.24) is 4.90 Å². The van der Waals surface area contributed by atoms with Crippen molar-refractivity contribution in [1.29, 1.82) is 0 Å². The average Bonchev–Trinajstić information content (AvgIpc) is 3.23. The number of cyclic esters (lactones) is 1. The number of esters is 1. The first-order valence-corrected chi connectivity index (χ1v) is 13.0. The van der Waals surface area contributed by atoms with Crippen LogP contribution in [0.15, 0.2) is 48.6 Å². The van der Waals surface area contributed by atoms with Crippen molar-refractivity contribution in [3.63, 3.8) is 0 Å². The molecule has 9 nitrogen and oxygen atoms in total. The second kappa shape index (κ2) is 9.95. The number of hydrogen-bond donors (Lipinski definition) is 1.